The van der Waals surface area contributed by atoms with Gasteiger partial charge >= 0.3 is 0 Å². The quantitative estimate of drug-likeness (QED) is 0.0629. The SMILES string of the molecule is ClC(Cl)Cl.ClC(Cl)Cl.ClC(Cl)Cl.O=Cc1ccccc1-c1nc(-c2ccccc2)c(-c2ccccc2)[nH]1.O=Cc1ccccc1C1OCCO1.c1ccc(-c2nc(-c3ccccc3C3OCCO3)[nH]c2-c2ccccc2)cc1.c1ccc(C2=C(c3ccccc3)N=C(c3ccccc3-c3nc(-c4ccccc4)c(-c4ccccc4)[nH]3)C2)cc1. The normalized spacial score (nSPS) is 12.9. The summed E-state index contributed by atoms with van der Waals surface area (Å²) in [6, 6.07) is 114. The van der Waals surface area contributed by atoms with Gasteiger partial charge in [-0.2, -0.15) is 0 Å². The number of nitrogens with one attached hydrogen (secondary N) is 3. The van der Waals surface area contributed by atoms with Crippen LogP contribution in [-0.2, 0) is 18.9 Å². The molecular weight excluding hydrogens is 1670 g/mol. The molecule has 2 saturated heterocycles. The minimum absolute atomic E-state index is 0.346. The van der Waals surface area contributed by atoms with Crippen molar-refractivity contribution >= 4 is 134 Å². The van der Waals surface area contributed by atoms with Crippen molar-refractivity contribution in [3.63, 3.8) is 0 Å². The second kappa shape index (κ2) is 44.9. The molecule has 22 heteroatoms. The summed E-state index contributed by atoms with van der Waals surface area (Å²) in [5, 5.41) is 0. The number of rotatable bonds is 16. The van der Waals surface area contributed by atoms with Gasteiger partial charge in [-0.3, -0.25) is 14.6 Å². The molecule has 15 aromatic rings. The number of aliphatic imine (C=N–C) groups is 1. The van der Waals surface area contributed by atoms with Gasteiger partial charge in [0.1, 0.15) is 17.5 Å². The molecule has 3 N–H and O–H groups in total. The van der Waals surface area contributed by atoms with Crippen LogP contribution in [0.15, 0.2) is 345 Å². The number of ether oxygens (including phenoxy) is 4. The highest BCUT2D eigenvalue weighted by Crippen LogP contribution is 2.42. The number of aromatic amines is 3. The zero-order valence-electron chi connectivity index (χ0n) is 63.0. The van der Waals surface area contributed by atoms with Crippen molar-refractivity contribution in [3.05, 3.63) is 379 Å². The smallest absolute Gasteiger partial charge is 0.184 e. The Morgan fingerprint density at radius 2 is 0.559 bits per heavy atom. The number of imidazole rings is 3. The molecule has 0 spiro atoms. The molecule has 6 heterocycles. The Hall–Kier alpha value is -10.5. The van der Waals surface area contributed by atoms with Crippen molar-refractivity contribution in [2.75, 3.05) is 26.4 Å². The van der Waals surface area contributed by atoms with Crippen molar-refractivity contribution in [2.45, 2.75) is 31.9 Å². The van der Waals surface area contributed by atoms with E-state index in [2.05, 4.69) is 185 Å². The van der Waals surface area contributed by atoms with Crippen LogP contribution >= 0.6 is 104 Å². The van der Waals surface area contributed by atoms with Gasteiger partial charge in [0.15, 0.2) is 38.0 Å². The van der Waals surface area contributed by atoms with Crippen LogP contribution in [0.2, 0.25) is 0 Å². The van der Waals surface area contributed by atoms with Gasteiger partial charge < -0.3 is 33.9 Å². The first-order valence-corrected chi connectivity index (χ1v) is 41.2. The molecule has 0 radical (unpaired) electrons. The van der Waals surface area contributed by atoms with Crippen molar-refractivity contribution < 1.29 is 28.5 Å². The lowest BCUT2D eigenvalue weighted by Crippen LogP contribution is -2.01. The van der Waals surface area contributed by atoms with Crippen molar-refractivity contribution in [1.82, 2.24) is 29.9 Å². The Morgan fingerprint density at radius 3 is 0.941 bits per heavy atom. The molecule has 0 aliphatic carbocycles. The Bertz CT molecular complexity index is 5510. The lowest BCUT2D eigenvalue weighted by Gasteiger charge is -2.13. The fourth-order valence-corrected chi connectivity index (χ4v) is 13.3. The third kappa shape index (κ3) is 23.9. The van der Waals surface area contributed by atoms with E-state index >= 15 is 0 Å². The van der Waals surface area contributed by atoms with Crippen LogP contribution in [-0.4, -0.2) is 87.5 Å². The highest BCUT2D eigenvalue weighted by molar-refractivity contribution is 6.63. The van der Waals surface area contributed by atoms with E-state index in [9.17, 15) is 9.59 Å². The predicted octanol–water partition coefficient (Wildman–Crippen LogP) is 27.4. The fraction of sp³-hybridized carbons (Fsp3) is 0.104. The molecule has 0 amide bonds. The third-order valence-corrected chi connectivity index (χ3v) is 18.4. The number of aromatic nitrogens is 6. The number of H-pyrrole nitrogens is 3. The highest BCUT2D eigenvalue weighted by atomic mass is 35.6. The van der Waals surface area contributed by atoms with E-state index < -0.39 is 12.9 Å². The Morgan fingerprint density at radius 1 is 0.288 bits per heavy atom. The summed E-state index contributed by atoms with van der Waals surface area (Å²) in [6.45, 7) is 2.42. The molecule has 3 aliphatic heterocycles. The number of aldehydes is 2. The molecule has 0 atom stereocenters. The van der Waals surface area contributed by atoms with Crippen LogP contribution in [0.1, 0.15) is 67.5 Å². The molecule has 0 bridgehead atoms. The van der Waals surface area contributed by atoms with E-state index in [1.165, 1.54) is 11.1 Å². The number of benzene rings is 12. The van der Waals surface area contributed by atoms with Crippen LogP contribution in [0.5, 0.6) is 0 Å². The molecular formula is C96H76Cl9N7O6. The summed E-state index contributed by atoms with van der Waals surface area (Å²) >= 11 is 43.3. The molecule has 3 aliphatic rings. The lowest BCUT2D eigenvalue weighted by molar-refractivity contribution is -0.0444. The van der Waals surface area contributed by atoms with E-state index in [1.807, 2.05) is 158 Å². The summed E-state index contributed by atoms with van der Waals surface area (Å²) in [7, 11) is 0. The number of hydrogen-bond acceptors (Lipinski definition) is 10. The minimum atomic E-state index is -0.750. The van der Waals surface area contributed by atoms with Crippen LogP contribution in [0.25, 0.3) is 113 Å². The maximum Gasteiger partial charge on any atom is 0.184 e. The molecule has 594 valence electrons. The minimum Gasteiger partial charge on any atom is -0.346 e. The van der Waals surface area contributed by atoms with Gasteiger partial charge in [-0.15, -0.1) is 0 Å². The Kier molecular flexibility index (Phi) is 33.0. The molecule has 13 nitrogen and oxygen atoms in total. The summed E-state index contributed by atoms with van der Waals surface area (Å²) in [5.74, 6) is 2.35. The van der Waals surface area contributed by atoms with Crippen LogP contribution in [0, 0.1) is 0 Å². The maximum absolute atomic E-state index is 11.4. The summed E-state index contributed by atoms with van der Waals surface area (Å²) in [4.78, 5) is 53.0. The second-order valence-electron chi connectivity index (χ2n) is 25.9. The first kappa shape index (κ1) is 86.8. The average molecular weight is 1740 g/mol. The number of hydrogen-bond donors (Lipinski definition) is 3. The van der Waals surface area contributed by atoms with Crippen LogP contribution in [0.3, 0.4) is 0 Å². The number of allylic oxidation sites excluding steroid dienone is 1. The number of carbonyl (C=O) groups excluding carboxylic acids is 2. The lowest BCUT2D eigenvalue weighted by atomic mass is 9.94. The molecule has 118 heavy (non-hydrogen) atoms. The average Bonchev–Trinajstić information content (AvgIpc) is 1.63. The monoisotopic (exact) mass is 1740 g/mol. The number of halogens is 9. The third-order valence-electron chi connectivity index (χ3n) is 18.4. The highest BCUT2D eigenvalue weighted by Gasteiger charge is 2.28. The topological polar surface area (TPSA) is 169 Å². The summed E-state index contributed by atoms with van der Waals surface area (Å²) in [5.41, 5.74) is 24.8. The van der Waals surface area contributed by atoms with Crippen LogP contribution < -0.4 is 0 Å². The van der Waals surface area contributed by atoms with Crippen molar-refractivity contribution in [3.8, 4) is 102 Å². The predicted molar refractivity (Wildman–Crippen MR) is 486 cm³/mol. The van der Waals surface area contributed by atoms with Crippen molar-refractivity contribution in [2.24, 2.45) is 4.99 Å². The van der Waals surface area contributed by atoms with Crippen LogP contribution in [0.4, 0.5) is 0 Å². The first-order valence-electron chi connectivity index (χ1n) is 37.3. The number of alkyl halides is 9. The largest absolute Gasteiger partial charge is 0.346 e. The molecule has 18 rings (SSSR count). The van der Waals surface area contributed by atoms with E-state index in [0.29, 0.717) is 43.4 Å². The summed E-state index contributed by atoms with van der Waals surface area (Å²) in [6.07, 6.45) is 1.73. The molecule has 0 saturated carbocycles. The maximum atomic E-state index is 11.4. The number of carbonyl (C=O) groups is 2. The van der Waals surface area contributed by atoms with Gasteiger partial charge in [0, 0.05) is 89.9 Å². The Labute approximate surface area is 730 Å². The van der Waals surface area contributed by atoms with E-state index in [-0.39, 0.29) is 12.6 Å². The molecule has 3 aromatic heterocycles. The summed E-state index contributed by atoms with van der Waals surface area (Å²) < 4.78 is 19.8. The van der Waals surface area contributed by atoms with Crippen molar-refractivity contribution in [1.29, 1.82) is 0 Å². The standard InChI is InChI=1S/C37H27N3.C24H20N2O2.C22H16N2O.C10H10O3.3CHCl3/c1-5-15-26(16-6-1)32-25-33(38-34(32)27-17-7-2-8-18-27)30-23-13-14-24-31(30)37-39-35(28-19-9-3-10-20-28)36(40-37)29-21-11-4-12-22-29;1-3-9-17(10-4-1)21-22(18-11-5-2-6-12-18)26-23(25-21)19-13-7-8-14-20(19)24-27-15-16-28-24;25-15-18-13-7-8-14-19(18)22-23-20(16-9-3-1-4-10-16)21(24-22)17-11-5-2-6-12-17;11-7-8-3-1-2-4-9(8)10-12-5-6-13-10;3*2-1(3)4/h1-24H,25H2,(H,39,40);1-14,24H,15-16H2,(H,25,26);1-15H,(H,23,24);1-4,7,10H,5-6H2;3*1H. The zero-order valence-corrected chi connectivity index (χ0v) is 69.9. The van der Waals surface area contributed by atoms with Gasteiger partial charge in [0.25, 0.3) is 0 Å². The first-order chi connectivity index (χ1) is 57.7. The fourth-order valence-electron chi connectivity index (χ4n) is 13.3. The van der Waals surface area contributed by atoms with E-state index in [1.54, 1.807) is 12.1 Å². The second-order valence-corrected chi connectivity index (χ2v) is 31.8. The van der Waals surface area contributed by atoms with E-state index in [0.717, 1.165) is 149 Å². The molecule has 12 aromatic carbocycles. The van der Waals surface area contributed by atoms with Gasteiger partial charge in [0.05, 0.1) is 72.0 Å². The van der Waals surface area contributed by atoms with E-state index in [4.69, 9.17) is 143 Å². The molecule has 0 unspecified atom stereocenters. The Balaban J connectivity index is 0.000000145. The zero-order chi connectivity index (χ0) is 82.4. The number of nitrogens with zero attached hydrogens (tertiary/aromatic N) is 4. The van der Waals surface area contributed by atoms with Gasteiger partial charge in [0.2, 0.25) is 0 Å². The van der Waals surface area contributed by atoms with Gasteiger partial charge in [-0.25, -0.2) is 15.0 Å². The van der Waals surface area contributed by atoms with Gasteiger partial charge in [-0.05, 0) is 11.1 Å². The molecule has 2 fully saturated rings. The van der Waals surface area contributed by atoms with Gasteiger partial charge in [-0.1, -0.05) is 444 Å².